The van der Waals surface area contributed by atoms with Crippen molar-refractivity contribution in [3.63, 3.8) is 0 Å². The summed E-state index contributed by atoms with van der Waals surface area (Å²) in [6.45, 7) is 3.41. The Balaban J connectivity index is 0.00000242. The number of halogens is 1. The lowest BCUT2D eigenvalue weighted by Gasteiger charge is -2.13. The second kappa shape index (κ2) is 9.66. The maximum atomic E-state index is 11.8. The van der Waals surface area contributed by atoms with Crippen molar-refractivity contribution in [1.29, 1.82) is 0 Å². The van der Waals surface area contributed by atoms with Gasteiger partial charge in [0.15, 0.2) is 0 Å². The summed E-state index contributed by atoms with van der Waals surface area (Å²) in [5.74, 6) is 0.631. The van der Waals surface area contributed by atoms with E-state index in [-0.39, 0.29) is 24.4 Å². The van der Waals surface area contributed by atoms with E-state index >= 15 is 0 Å². The largest absolute Gasteiger partial charge is 0.491 e. The molecule has 0 bridgehead atoms. The number of nitrogens with one attached hydrogen (secondary N) is 1. The molecule has 3 N–H and O–H groups in total. The number of benzene rings is 1. The topological polar surface area (TPSA) is 73.6 Å². The summed E-state index contributed by atoms with van der Waals surface area (Å²) in [6.07, 6.45) is 3.95. The van der Waals surface area contributed by atoms with Crippen molar-refractivity contribution < 1.29 is 14.3 Å². The van der Waals surface area contributed by atoms with Crippen LogP contribution in [0.4, 0.5) is 5.69 Å². The Morgan fingerprint density at radius 2 is 2.18 bits per heavy atom. The Kier molecular flexibility index (Phi) is 8.24. The predicted molar refractivity (Wildman–Crippen MR) is 89.7 cm³/mol. The van der Waals surface area contributed by atoms with Crippen molar-refractivity contribution in [3.8, 4) is 5.75 Å². The van der Waals surface area contributed by atoms with Crippen LogP contribution >= 0.6 is 12.4 Å². The minimum absolute atomic E-state index is 0. The van der Waals surface area contributed by atoms with Gasteiger partial charge >= 0.3 is 0 Å². The number of hydrogen-bond acceptors (Lipinski definition) is 4. The van der Waals surface area contributed by atoms with E-state index in [1.165, 1.54) is 0 Å². The second-order valence-electron chi connectivity index (χ2n) is 5.35. The number of hydrogen-bond donors (Lipinski definition) is 2. The van der Waals surface area contributed by atoms with Crippen LogP contribution in [0.5, 0.6) is 5.75 Å². The first-order valence-electron chi connectivity index (χ1n) is 7.60. The molecule has 1 aromatic rings. The van der Waals surface area contributed by atoms with Crippen molar-refractivity contribution in [2.75, 3.05) is 18.5 Å². The van der Waals surface area contributed by atoms with Crippen LogP contribution in [0.3, 0.4) is 0 Å². The molecule has 1 heterocycles. The first kappa shape index (κ1) is 18.7. The molecule has 0 aliphatic carbocycles. The van der Waals surface area contributed by atoms with Crippen LogP contribution in [0.25, 0.3) is 0 Å². The molecule has 2 rings (SSSR count). The van der Waals surface area contributed by atoms with Crippen LogP contribution < -0.4 is 15.8 Å². The van der Waals surface area contributed by atoms with Gasteiger partial charge in [-0.3, -0.25) is 4.79 Å². The van der Waals surface area contributed by atoms with Crippen LogP contribution in [-0.4, -0.2) is 31.3 Å². The van der Waals surface area contributed by atoms with Gasteiger partial charge in [0, 0.05) is 12.3 Å². The summed E-state index contributed by atoms with van der Waals surface area (Å²) in [5, 5.41) is 2.81. The van der Waals surface area contributed by atoms with E-state index in [4.69, 9.17) is 15.2 Å². The minimum Gasteiger partial charge on any atom is -0.491 e. The molecule has 0 spiro atoms. The summed E-state index contributed by atoms with van der Waals surface area (Å²) >= 11 is 0. The number of amides is 1. The summed E-state index contributed by atoms with van der Waals surface area (Å²) in [4.78, 5) is 11.8. The summed E-state index contributed by atoms with van der Waals surface area (Å²) in [5.41, 5.74) is 6.50. The summed E-state index contributed by atoms with van der Waals surface area (Å²) < 4.78 is 11.2. The van der Waals surface area contributed by atoms with Gasteiger partial charge in [-0.2, -0.15) is 0 Å². The Bertz CT molecular complexity index is 447. The molecule has 2 atom stereocenters. The van der Waals surface area contributed by atoms with Crippen molar-refractivity contribution in [2.24, 2.45) is 5.73 Å². The highest BCUT2D eigenvalue weighted by molar-refractivity contribution is 5.94. The lowest BCUT2D eigenvalue weighted by molar-refractivity contribution is -0.117. The van der Waals surface area contributed by atoms with E-state index in [0.29, 0.717) is 13.0 Å². The van der Waals surface area contributed by atoms with Crippen molar-refractivity contribution in [3.05, 3.63) is 24.3 Å². The molecule has 1 fully saturated rings. The van der Waals surface area contributed by atoms with Gasteiger partial charge < -0.3 is 20.5 Å². The van der Waals surface area contributed by atoms with Gasteiger partial charge in [-0.1, -0.05) is 13.3 Å². The average molecular weight is 329 g/mol. The fourth-order valence-electron chi connectivity index (χ4n) is 2.28. The Morgan fingerprint density at radius 3 is 2.77 bits per heavy atom. The van der Waals surface area contributed by atoms with Crippen LogP contribution in [0.1, 0.15) is 32.6 Å². The molecule has 0 saturated carbocycles. The van der Waals surface area contributed by atoms with E-state index in [9.17, 15) is 4.79 Å². The summed E-state index contributed by atoms with van der Waals surface area (Å²) in [7, 11) is 0. The van der Waals surface area contributed by atoms with Gasteiger partial charge in [0.05, 0.1) is 12.1 Å². The molecule has 1 amide bonds. The van der Waals surface area contributed by atoms with Gasteiger partial charge in [0.1, 0.15) is 12.4 Å². The van der Waals surface area contributed by atoms with Crippen molar-refractivity contribution >= 4 is 24.0 Å². The highest BCUT2D eigenvalue weighted by Crippen LogP contribution is 2.18. The van der Waals surface area contributed by atoms with Gasteiger partial charge in [0.2, 0.25) is 5.91 Å². The molecule has 1 saturated heterocycles. The van der Waals surface area contributed by atoms with Crippen LogP contribution in [0.15, 0.2) is 24.3 Å². The third kappa shape index (κ3) is 5.83. The molecule has 2 unspecified atom stereocenters. The highest BCUT2D eigenvalue weighted by Gasteiger charge is 2.16. The molecule has 6 heteroatoms. The summed E-state index contributed by atoms with van der Waals surface area (Å²) in [6, 6.07) is 6.87. The Morgan fingerprint density at radius 1 is 1.45 bits per heavy atom. The van der Waals surface area contributed by atoms with Crippen LogP contribution in [-0.2, 0) is 9.53 Å². The van der Waals surface area contributed by atoms with Gasteiger partial charge in [0.25, 0.3) is 0 Å². The molecule has 5 nitrogen and oxygen atoms in total. The van der Waals surface area contributed by atoms with Gasteiger partial charge in [-0.05, 0) is 43.5 Å². The van der Waals surface area contributed by atoms with E-state index in [1.807, 2.05) is 31.2 Å². The number of carbonyl (C=O) groups excluding carboxylic acids is 1. The normalized spacial score (nSPS) is 18.4. The van der Waals surface area contributed by atoms with Crippen LogP contribution in [0, 0.1) is 0 Å². The quantitative estimate of drug-likeness (QED) is 0.807. The second-order valence-corrected chi connectivity index (χ2v) is 5.35. The zero-order chi connectivity index (χ0) is 15.1. The third-order valence-corrected chi connectivity index (χ3v) is 3.52. The first-order valence-corrected chi connectivity index (χ1v) is 7.60. The van der Waals surface area contributed by atoms with E-state index in [0.717, 1.165) is 37.3 Å². The molecule has 1 aliphatic heterocycles. The van der Waals surface area contributed by atoms with E-state index in [2.05, 4.69) is 5.32 Å². The van der Waals surface area contributed by atoms with Gasteiger partial charge in [-0.25, -0.2) is 0 Å². The number of carbonyl (C=O) groups is 1. The zero-order valence-electron chi connectivity index (χ0n) is 12.9. The lowest BCUT2D eigenvalue weighted by Crippen LogP contribution is -2.35. The number of nitrogens with two attached hydrogens (primary N) is 1. The number of rotatable bonds is 7. The smallest absolute Gasteiger partial charge is 0.241 e. The fraction of sp³-hybridized carbons (Fsp3) is 0.562. The highest BCUT2D eigenvalue weighted by atomic mass is 35.5. The number of anilines is 1. The molecule has 1 aliphatic rings. The number of ether oxygens (including phenoxy) is 2. The predicted octanol–water partition coefficient (Wildman–Crippen LogP) is 2.73. The third-order valence-electron chi connectivity index (χ3n) is 3.52. The van der Waals surface area contributed by atoms with Gasteiger partial charge in [-0.15, -0.1) is 12.4 Å². The molecule has 1 aromatic carbocycles. The molecular weight excluding hydrogens is 304 g/mol. The standard InChI is InChI=1S/C16H24N2O3.ClH/c1-2-4-15(17)16(19)18-12-6-8-13(9-7-12)21-11-14-5-3-10-20-14;/h6-9,14-15H,2-5,10-11,17H2,1H3,(H,18,19);1H. The molecule has 0 aromatic heterocycles. The van der Waals surface area contributed by atoms with Crippen molar-refractivity contribution in [1.82, 2.24) is 0 Å². The SMILES string of the molecule is CCCC(N)C(=O)Nc1ccc(OCC2CCCO2)cc1.Cl. The lowest BCUT2D eigenvalue weighted by atomic mass is 10.1. The average Bonchev–Trinajstić information content (AvgIpc) is 3.00. The Labute approximate surface area is 138 Å². The molecule has 0 radical (unpaired) electrons. The maximum absolute atomic E-state index is 11.8. The minimum atomic E-state index is -0.453. The fourth-order valence-corrected chi connectivity index (χ4v) is 2.28. The maximum Gasteiger partial charge on any atom is 0.241 e. The van der Waals surface area contributed by atoms with Crippen molar-refractivity contribution in [2.45, 2.75) is 44.8 Å². The molecular formula is C16H25ClN2O3. The molecule has 22 heavy (non-hydrogen) atoms. The van der Waals surface area contributed by atoms with E-state index in [1.54, 1.807) is 0 Å². The first-order chi connectivity index (χ1) is 10.2. The van der Waals surface area contributed by atoms with Crippen LogP contribution in [0.2, 0.25) is 0 Å². The van der Waals surface area contributed by atoms with E-state index < -0.39 is 6.04 Å². The molecule has 124 valence electrons. The zero-order valence-corrected chi connectivity index (χ0v) is 13.7. The Hall–Kier alpha value is -1.30. The monoisotopic (exact) mass is 328 g/mol.